The van der Waals surface area contributed by atoms with Crippen molar-refractivity contribution in [2.45, 2.75) is 19.9 Å². The number of nitrogens with zero attached hydrogens (tertiary/aromatic N) is 5. The minimum atomic E-state index is -0.0932. The number of hydrogen-bond donors (Lipinski definition) is 1. The summed E-state index contributed by atoms with van der Waals surface area (Å²) in [6, 6.07) is 1.85. The van der Waals surface area contributed by atoms with Crippen molar-refractivity contribution < 1.29 is 9.26 Å². The summed E-state index contributed by atoms with van der Waals surface area (Å²) >= 11 is 0. The van der Waals surface area contributed by atoms with Gasteiger partial charge in [-0.25, -0.2) is 4.98 Å². The summed E-state index contributed by atoms with van der Waals surface area (Å²) in [5.41, 5.74) is 2.23. The fourth-order valence-corrected chi connectivity index (χ4v) is 2.46. The van der Waals surface area contributed by atoms with Crippen molar-refractivity contribution in [3.8, 4) is 0 Å². The van der Waals surface area contributed by atoms with Crippen LogP contribution in [0, 0.1) is 13.8 Å². The zero-order valence-corrected chi connectivity index (χ0v) is 13.0. The molecule has 1 atom stereocenters. The second-order valence-corrected chi connectivity index (χ2v) is 5.10. The second kappa shape index (κ2) is 5.72. The zero-order valence-electron chi connectivity index (χ0n) is 13.0. The average Bonchev–Trinajstić information content (AvgIpc) is 3.05. The van der Waals surface area contributed by atoms with E-state index in [1.807, 2.05) is 31.6 Å². The fraction of sp³-hybridized carbons (Fsp3) is 0.429. The molecule has 0 saturated carbocycles. The molecule has 0 aliphatic heterocycles. The van der Waals surface area contributed by atoms with Crippen LogP contribution in [0.5, 0.6) is 0 Å². The Labute approximate surface area is 127 Å². The van der Waals surface area contributed by atoms with Crippen LogP contribution in [0.4, 0.5) is 5.82 Å². The summed E-state index contributed by atoms with van der Waals surface area (Å²) in [5, 5.41) is 12.4. The van der Waals surface area contributed by atoms with Crippen LogP contribution in [0.15, 0.2) is 16.8 Å². The first-order chi connectivity index (χ1) is 10.6. The van der Waals surface area contributed by atoms with Crippen molar-refractivity contribution in [3.63, 3.8) is 0 Å². The van der Waals surface area contributed by atoms with Gasteiger partial charge in [-0.2, -0.15) is 10.1 Å². The molecule has 0 radical (unpaired) electrons. The van der Waals surface area contributed by atoms with Crippen molar-refractivity contribution in [2.24, 2.45) is 7.05 Å². The van der Waals surface area contributed by atoms with Gasteiger partial charge in [0.15, 0.2) is 0 Å². The maximum atomic E-state index is 5.32. The Bertz CT molecular complexity index is 794. The summed E-state index contributed by atoms with van der Waals surface area (Å²) in [7, 11) is 3.56. The molecule has 0 saturated heterocycles. The lowest BCUT2D eigenvalue weighted by atomic mass is 10.2. The Balaban J connectivity index is 2.03. The molecule has 1 unspecified atom stereocenters. The second-order valence-electron chi connectivity index (χ2n) is 5.10. The summed E-state index contributed by atoms with van der Waals surface area (Å²) in [6.45, 7) is 4.16. The third kappa shape index (κ3) is 2.52. The minimum Gasteiger partial charge on any atom is -0.382 e. The lowest BCUT2D eigenvalue weighted by Gasteiger charge is -2.19. The Hall–Kier alpha value is -2.48. The Morgan fingerprint density at radius 2 is 2.18 bits per heavy atom. The Morgan fingerprint density at radius 3 is 2.86 bits per heavy atom. The molecule has 0 aliphatic carbocycles. The predicted octanol–water partition coefficient (Wildman–Crippen LogP) is 1.77. The van der Waals surface area contributed by atoms with Crippen LogP contribution < -0.4 is 5.32 Å². The maximum Gasteiger partial charge on any atom is 0.263 e. The zero-order chi connectivity index (χ0) is 15.7. The van der Waals surface area contributed by atoms with Gasteiger partial charge in [0, 0.05) is 20.4 Å². The molecule has 3 aromatic rings. The van der Waals surface area contributed by atoms with E-state index < -0.39 is 0 Å². The molecule has 3 aromatic heterocycles. The normalized spacial score (nSPS) is 12.7. The summed E-state index contributed by atoms with van der Waals surface area (Å²) in [6.07, 6.45) is 1.76. The molecule has 8 heteroatoms. The van der Waals surface area contributed by atoms with Crippen LogP contribution in [-0.4, -0.2) is 38.6 Å². The van der Waals surface area contributed by atoms with Gasteiger partial charge < -0.3 is 14.6 Å². The fourth-order valence-electron chi connectivity index (χ4n) is 2.46. The van der Waals surface area contributed by atoms with Crippen molar-refractivity contribution in [2.75, 3.05) is 19.0 Å². The van der Waals surface area contributed by atoms with E-state index in [0.717, 1.165) is 16.8 Å². The highest BCUT2D eigenvalue weighted by Gasteiger charge is 2.20. The van der Waals surface area contributed by atoms with Gasteiger partial charge in [-0.15, -0.1) is 0 Å². The van der Waals surface area contributed by atoms with Gasteiger partial charge in [0.2, 0.25) is 0 Å². The number of aryl methyl sites for hydroxylation is 3. The standard InChI is InChI=1S/C14H18N6O2/c1-8-12-13(16-9(2)17-14(12)22-19-8)18-10(7-21-4)11-5-6-15-20(11)3/h5-6,10H,7H2,1-4H3,(H,16,17,18). The summed E-state index contributed by atoms with van der Waals surface area (Å²) < 4.78 is 12.4. The van der Waals surface area contributed by atoms with Crippen molar-refractivity contribution >= 4 is 16.9 Å². The van der Waals surface area contributed by atoms with E-state index >= 15 is 0 Å². The van der Waals surface area contributed by atoms with Crippen molar-refractivity contribution in [1.29, 1.82) is 0 Å². The molecule has 0 aromatic carbocycles. The Kier molecular flexibility index (Phi) is 3.76. The van der Waals surface area contributed by atoms with Gasteiger partial charge in [-0.1, -0.05) is 5.16 Å². The van der Waals surface area contributed by atoms with Crippen molar-refractivity contribution in [3.05, 3.63) is 29.5 Å². The van der Waals surface area contributed by atoms with Gasteiger partial charge >= 0.3 is 0 Å². The van der Waals surface area contributed by atoms with Gasteiger partial charge in [-0.3, -0.25) is 4.68 Å². The number of anilines is 1. The van der Waals surface area contributed by atoms with Gasteiger partial charge in [0.1, 0.15) is 17.0 Å². The van der Waals surface area contributed by atoms with E-state index in [-0.39, 0.29) is 6.04 Å². The SMILES string of the molecule is COCC(Nc1nc(C)nc2onc(C)c12)c1ccnn1C. The highest BCUT2D eigenvalue weighted by Crippen LogP contribution is 2.27. The first-order valence-corrected chi connectivity index (χ1v) is 6.94. The number of methoxy groups -OCH3 is 1. The first kappa shape index (κ1) is 14.5. The van der Waals surface area contributed by atoms with Gasteiger partial charge in [0.05, 0.1) is 24.0 Å². The van der Waals surface area contributed by atoms with Gasteiger partial charge in [-0.05, 0) is 19.9 Å². The minimum absolute atomic E-state index is 0.0932. The van der Waals surface area contributed by atoms with Crippen molar-refractivity contribution in [1.82, 2.24) is 24.9 Å². The largest absolute Gasteiger partial charge is 0.382 e. The monoisotopic (exact) mass is 302 g/mol. The lowest BCUT2D eigenvalue weighted by molar-refractivity contribution is 0.184. The number of aromatic nitrogens is 5. The van der Waals surface area contributed by atoms with E-state index in [1.165, 1.54) is 0 Å². The van der Waals surface area contributed by atoms with Crippen LogP contribution >= 0.6 is 0 Å². The van der Waals surface area contributed by atoms with Crippen LogP contribution in [0.3, 0.4) is 0 Å². The molecule has 0 aliphatic rings. The third-order valence-electron chi connectivity index (χ3n) is 3.48. The quantitative estimate of drug-likeness (QED) is 0.768. The van der Waals surface area contributed by atoms with E-state index in [9.17, 15) is 0 Å². The highest BCUT2D eigenvalue weighted by molar-refractivity contribution is 5.87. The number of rotatable bonds is 5. The molecule has 116 valence electrons. The number of fused-ring (bicyclic) bond motifs is 1. The molecule has 0 spiro atoms. The Morgan fingerprint density at radius 1 is 1.36 bits per heavy atom. The smallest absolute Gasteiger partial charge is 0.263 e. The molecule has 0 amide bonds. The summed E-state index contributed by atoms with van der Waals surface area (Å²) in [4.78, 5) is 8.75. The average molecular weight is 302 g/mol. The molecule has 0 bridgehead atoms. The van der Waals surface area contributed by atoms with E-state index in [4.69, 9.17) is 9.26 Å². The van der Waals surface area contributed by atoms with Crippen LogP contribution in [0.2, 0.25) is 0 Å². The molecular formula is C14H18N6O2. The molecule has 8 nitrogen and oxygen atoms in total. The first-order valence-electron chi connectivity index (χ1n) is 6.94. The maximum absolute atomic E-state index is 5.32. The van der Waals surface area contributed by atoms with E-state index in [1.54, 1.807) is 13.3 Å². The third-order valence-corrected chi connectivity index (χ3v) is 3.48. The van der Waals surface area contributed by atoms with Crippen LogP contribution in [0.1, 0.15) is 23.3 Å². The summed E-state index contributed by atoms with van der Waals surface area (Å²) in [5.74, 6) is 1.30. The van der Waals surface area contributed by atoms with E-state index in [2.05, 4.69) is 25.5 Å². The number of ether oxygens (including phenoxy) is 1. The highest BCUT2D eigenvalue weighted by atomic mass is 16.5. The predicted molar refractivity (Wildman–Crippen MR) is 80.5 cm³/mol. The van der Waals surface area contributed by atoms with Crippen LogP contribution in [0.25, 0.3) is 11.1 Å². The topological polar surface area (TPSA) is 90.9 Å². The molecule has 3 heterocycles. The molecular weight excluding hydrogens is 284 g/mol. The van der Waals surface area contributed by atoms with E-state index in [0.29, 0.717) is 24.0 Å². The number of hydrogen-bond acceptors (Lipinski definition) is 7. The van der Waals surface area contributed by atoms with Gasteiger partial charge in [0.25, 0.3) is 5.71 Å². The number of nitrogens with one attached hydrogen (secondary N) is 1. The molecule has 3 rings (SSSR count). The molecule has 0 fully saturated rings. The lowest BCUT2D eigenvalue weighted by Crippen LogP contribution is -2.20. The molecule has 22 heavy (non-hydrogen) atoms. The molecule has 1 N–H and O–H groups in total. The van der Waals surface area contributed by atoms with Crippen LogP contribution in [-0.2, 0) is 11.8 Å².